The van der Waals surface area contributed by atoms with Crippen molar-refractivity contribution in [2.75, 3.05) is 0 Å². The van der Waals surface area contributed by atoms with Crippen molar-refractivity contribution in [3.8, 4) is 0 Å². The van der Waals surface area contributed by atoms with E-state index in [4.69, 9.17) is 5.11 Å². The Balaban J connectivity index is 3.39. The van der Waals surface area contributed by atoms with Crippen LogP contribution in [0.2, 0.25) is 22.3 Å². The van der Waals surface area contributed by atoms with Crippen molar-refractivity contribution in [1.29, 1.82) is 0 Å². The summed E-state index contributed by atoms with van der Waals surface area (Å²) in [6.07, 6.45) is 0.358. The molecule has 0 saturated heterocycles. The fourth-order valence-corrected chi connectivity index (χ4v) is 2.24. The van der Waals surface area contributed by atoms with Crippen molar-refractivity contribution < 1.29 is 9.90 Å². The molecular formula is C6H14AsO2+. The standard InChI is InChI=1S/C6H13AsO2/c1-7(2,3)5-4-6(8)9/h4-5H2,1-3H3/p+1. The number of hydrogen-bond acceptors (Lipinski definition) is 1. The van der Waals surface area contributed by atoms with E-state index in [1.165, 1.54) is 0 Å². The summed E-state index contributed by atoms with van der Waals surface area (Å²) in [5.74, 6) is -0.661. The Hall–Kier alpha value is 0.0284. The number of rotatable bonds is 3. The molecule has 2 nitrogen and oxygen atoms in total. The Bertz CT molecular complexity index is 104. The topological polar surface area (TPSA) is 37.3 Å². The van der Waals surface area contributed by atoms with Crippen molar-refractivity contribution in [2.24, 2.45) is 0 Å². The Morgan fingerprint density at radius 1 is 1.44 bits per heavy atom. The molecule has 0 aliphatic rings. The number of aliphatic carboxylic acids is 1. The molecule has 0 heterocycles. The van der Waals surface area contributed by atoms with Crippen LogP contribution in [0.5, 0.6) is 0 Å². The summed E-state index contributed by atoms with van der Waals surface area (Å²) in [5.41, 5.74) is 6.63. The Kier molecular flexibility index (Phi) is 3.27. The van der Waals surface area contributed by atoms with Crippen molar-refractivity contribution in [3.05, 3.63) is 0 Å². The van der Waals surface area contributed by atoms with E-state index in [9.17, 15) is 4.79 Å². The molecule has 0 atom stereocenters. The van der Waals surface area contributed by atoms with Gasteiger partial charge in [0.25, 0.3) is 0 Å². The van der Waals surface area contributed by atoms with Crippen molar-refractivity contribution in [2.45, 2.75) is 28.8 Å². The average Bonchev–Trinajstić information content (AvgIpc) is 1.59. The van der Waals surface area contributed by atoms with Gasteiger partial charge in [0.2, 0.25) is 0 Å². The monoisotopic (exact) mass is 193 g/mol. The van der Waals surface area contributed by atoms with Gasteiger partial charge in [-0.1, -0.05) is 0 Å². The van der Waals surface area contributed by atoms with Gasteiger partial charge in [0.05, 0.1) is 0 Å². The second-order valence-electron chi connectivity index (χ2n) is 3.16. The zero-order valence-electron chi connectivity index (χ0n) is 6.22. The van der Waals surface area contributed by atoms with Gasteiger partial charge in [0, 0.05) is 0 Å². The maximum absolute atomic E-state index is 10.1. The predicted molar refractivity (Wildman–Crippen MR) is 40.4 cm³/mol. The minimum atomic E-state index is -1.40. The molecule has 0 bridgehead atoms. The van der Waals surface area contributed by atoms with Crippen LogP contribution >= 0.6 is 0 Å². The van der Waals surface area contributed by atoms with Crippen LogP contribution in [0.3, 0.4) is 0 Å². The van der Waals surface area contributed by atoms with E-state index in [1.54, 1.807) is 0 Å². The summed E-state index contributed by atoms with van der Waals surface area (Å²) in [7, 11) is 0. The van der Waals surface area contributed by atoms with Crippen LogP contribution in [0.15, 0.2) is 0 Å². The van der Waals surface area contributed by atoms with Gasteiger partial charge in [-0.15, -0.1) is 0 Å². The van der Waals surface area contributed by atoms with Gasteiger partial charge in [-0.3, -0.25) is 0 Å². The van der Waals surface area contributed by atoms with Crippen LogP contribution in [-0.2, 0) is 4.79 Å². The molecule has 1 N–H and O–H groups in total. The molecule has 3 heteroatoms. The first-order valence-corrected chi connectivity index (χ1v) is 9.90. The molecular weight excluding hydrogens is 179 g/mol. The number of carbonyl (C=O) groups is 1. The molecule has 0 saturated carbocycles. The van der Waals surface area contributed by atoms with Crippen molar-refractivity contribution >= 4 is 19.5 Å². The van der Waals surface area contributed by atoms with Gasteiger partial charge >= 0.3 is 58.2 Å². The second kappa shape index (κ2) is 3.26. The van der Waals surface area contributed by atoms with Gasteiger partial charge in [-0.2, -0.15) is 0 Å². The summed E-state index contributed by atoms with van der Waals surface area (Å²) < 4.78 is 0. The first kappa shape index (κ1) is 9.03. The number of hydrogen-bond donors (Lipinski definition) is 1. The molecule has 0 aromatic carbocycles. The Morgan fingerprint density at radius 3 is 2.00 bits per heavy atom. The summed E-state index contributed by atoms with van der Waals surface area (Å²) in [5, 5.41) is 9.23. The fourth-order valence-electron chi connectivity index (χ4n) is 0.431. The molecule has 0 rings (SSSR count). The van der Waals surface area contributed by atoms with E-state index >= 15 is 0 Å². The van der Waals surface area contributed by atoms with Gasteiger partial charge in [0.15, 0.2) is 0 Å². The van der Waals surface area contributed by atoms with E-state index in [0.717, 1.165) is 5.21 Å². The van der Waals surface area contributed by atoms with Crippen LogP contribution in [0.1, 0.15) is 6.42 Å². The summed E-state index contributed by atoms with van der Waals surface area (Å²) in [6.45, 7) is 0. The van der Waals surface area contributed by atoms with E-state index in [2.05, 4.69) is 17.1 Å². The number of carboxylic acid groups (broad SMARTS) is 1. The first-order valence-electron chi connectivity index (χ1n) is 2.94. The second-order valence-corrected chi connectivity index (χ2v) is 13.7. The molecule has 0 fully saturated rings. The Labute approximate surface area is 58.7 Å². The average molecular weight is 193 g/mol. The predicted octanol–water partition coefficient (Wildman–Crippen LogP) is 1.80. The zero-order chi connectivity index (χ0) is 7.49. The molecule has 54 valence electrons. The minimum absolute atomic E-state index is 0.358. The van der Waals surface area contributed by atoms with E-state index in [-0.39, 0.29) is 0 Å². The van der Waals surface area contributed by atoms with Crippen molar-refractivity contribution in [1.82, 2.24) is 0 Å². The van der Waals surface area contributed by atoms with Gasteiger partial charge < -0.3 is 0 Å². The van der Waals surface area contributed by atoms with Crippen LogP contribution in [0.25, 0.3) is 0 Å². The molecule has 0 aromatic heterocycles. The van der Waals surface area contributed by atoms with Crippen LogP contribution in [0, 0.1) is 0 Å². The third-order valence-electron chi connectivity index (χ3n) is 0.996. The maximum atomic E-state index is 10.1. The molecule has 0 radical (unpaired) electrons. The Morgan fingerprint density at radius 2 is 1.89 bits per heavy atom. The third kappa shape index (κ3) is 8.03. The molecule has 0 aliphatic carbocycles. The van der Waals surface area contributed by atoms with Crippen LogP contribution in [0.4, 0.5) is 0 Å². The SMILES string of the molecule is C[As+](C)(C)CCC(=O)O. The first-order chi connectivity index (χ1) is 3.92. The van der Waals surface area contributed by atoms with Gasteiger partial charge in [0.1, 0.15) is 0 Å². The number of carboxylic acids is 1. The molecule has 0 unspecified atom stereocenters. The summed E-state index contributed by atoms with van der Waals surface area (Å²) >= 11 is -1.40. The van der Waals surface area contributed by atoms with Crippen LogP contribution < -0.4 is 0 Å². The van der Waals surface area contributed by atoms with E-state index in [1.807, 2.05) is 0 Å². The van der Waals surface area contributed by atoms with Gasteiger partial charge in [-0.05, 0) is 0 Å². The normalized spacial score (nSPS) is 11.4. The zero-order valence-corrected chi connectivity index (χ0v) is 8.09. The van der Waals surface area contributed by atoms with Gasteiger partial charge in [-0.25, -0.2) is 0 Å². The molecule has 0 aliphatic heterocycles. The molecule has 0 aromatic rings. The molecule has 0 spiro atoms. The van der Waals surface area contributed by atoms with E-state index in [0.29, 0.717) is 6.42 Å². The van der Waals surface area contributed by atoms with Crippen molar-refractivity contribution in [3.63, 3.8) is 0 Å². The quantitative estimate of drug-likeness (QED) is 0.694. The van der Waals surface area contributed by atoms with Crippen LogP contribution in [-0.4, -0.2) is 24.6 Å². The summed E-state index contributed by atoms with van der Waals surface area (Å²) in [4.78, 5) is 10.1. The third-order valence-corrected chi connectivity index (χ3v) is 4.28. The summed E-state index contributed by atoms with van der Waals surface area (Å²) in [6, 6.07) is 0. The molecule has 0 amide bonds. The fraction of sp³-hybridized carbons (Fsp3) is 0.833. The molecule has 9 heavy (non-hydrogen) atoms. The van der Waals surface area contributed by atoms with E-state index < -0.39 is 19.5 Å².